The molecule has 0 heterocycles. The molecule has 5 nitrogen and oxygen atoms in total. The van der Waals surface area contributed by atoms with Gasteiger partial charge in [-0.3, -0.25) is 10.1 Å². The summed E-state index contributed by atoms with van der Waals surface area (Å²) in [7, 11) is 0. The largest absolute Gasteiger partial charge is 0.388 e. The Kier molecular flexibility index (Phi) is 3.54. The molecule has 1 fully saturated rings. The molecule has 7 heteroatoms. The highest BCUT2D eigenvalue weighted by molar-refractivity contribution is 9.10. The maximum atomic E-state index is 13.4. The lowest BCUT2D eigenvalue weighted by Gasteiger charge is -2.36. The van der Waals surface area contributed by atoms with Crippen molar-refractivity contribution in [2.45, 2.75) is 24.9 Å². The van der Waals surface area contributed by atoms with Crippen LogP contribution in [0.2, 0.25) is 0 Å². The highest BCUT2D eigenvalue weighted by atomic mass is 79.9. The average Bonchev–Trinajstić information content (AvgIpc) is 2.27. The molecule has 1 aliphatic carbocycles. The van der Waals surface area contributed by atoms with E-state index in [-0.39, 0.29) is 22.4 Å². The van der Waals surface area contributed by atoms with E-state index >= 15 is 0 Å². The zero-order valence-electron chi connectivity index (χ0n) is 9.45. The molecular weight excluding hydrogens is 307 g/mol. The number of nitro benzene ring substituents is 1. The Morgan fingerprint density at radius 1 is 1.56 bits per heavy atom. The summed E-state index contributed by atoms with van der Waals surface area (Å²) in [6, 6.07) is 2.17. The number of benzene rings is 1. The van der Waals surface area contributed by atoms with Crippen molar-refractivity contribution in [3.8, 4) is 0 Å². The molecule has 0 radical (unpaired) electrons. The van der Waals surface area contributed by atoms with Crippen LogP contribution in [-0.4, -0.2) is 22.2 Å². The van der Waals surface area contributed by atoms with E-state index in [0.717, 1.165) is 18.6 Å². The van der Waals surface area contributed by atoms with E-state index in [1.807, 2.05) is 0 Å². The fourth-order valence-corrected chi connectivity index (χ4v) is 2.18. The molecule has 2 rings (SSSR count). The van der Waals surface area contributed by atoms with E-state index < -0.39 is 16.3 Å². The van der Waals surface area contributed by atoms with E-state index in [2.05, 4.69) is 21.2 Å². The topological polar surface area (TPSA) is 75.4 Å². The van der Waals surface area contributed by atoms with E-state index in [1.165, 1.54) is 0 Å². The maximum absolute atomic E-state index is 13.4. The molecule has 98 valence electrons. The molecule has 0 aromatic heterocycles. The Labute approximate surface area is 111 Å². The highest BCUT2D eigenvalue weighted by Crippen LogP contribution is 2.34. The van der Waals surface area contributed by atoms with Crippen molar-refractivity contribution in [2.24, 2.45) is 0 Å². The summed E-state index contributed by atoms with van der Waals surface area (Å²) in [5.74, 6) is -0.580. The summed E-state index contributed by atoms with van der Waals surface area (Å²) in [5, 5.41) is 23.5. The van der Waals surface area contributed by atoms with Gasteiger partial charge in [-0.15, -0.1) is 0 Å². The lowest BCUT2D eigenvalue weighted by Crippen LogP contribution is -2.43. The molecule has 1 aliphatic rings. The molecule has 0 saturated heterocycles. The van der Waals surface area contributed by atoms with Gasteiger partial charge in [0, 0.05) is 18.7 Å². The van der Waals surface area contributed by atoms with Crippen LogP contribution in [0.4, 0.5) is 15.8 Å². The second-order valence-electron chi connectivity index (χ2n) is 4.47. The van der Waals surface area contributed by atoms with Gasteiger partial charge in [-0.2, -0.15) is 0 Å². The normalized spacial score (nSPS) is 17.1. The lowest BCUT2D eigenvalue weighted by molar-refractivity contribution is -0.384. The molecule has 0 spiro atoms. The number of nitro groups is 1. The first-order chi connectivity index (χ1) is 8.41. The van der Waals surface area contributed by atoms with Gasteiger partial charge < -0.3 is 10.4 Å². The summed E-state index contributed by atoms with van der Waals surface area (Å²) in [6.45, 7) is 0.189. The second kappa shape index (κ2) is 4.81. The van der Waals surface area contributed by atoms with Gasteiger partial charge in [-0.1, -0.05) is 0 Å². The first-order valence-electron chi connectivity index (χ1n) is 5.51. The molecule has 1 aromatic carbocycles. The molecule has 0 bridgehead atoms. The van der Waals surface area contributed by atoms with Crippen LogP contribution in [0, 0.1) is 15.9 Å². The number of anilines is 1. The Morgan fingerprint density at radius 2 is 2.22 bits per heavy atom. The molecule has 1 aromatic rings. The van der Waals surface area contributed by atoms with Gasteiger partial charge in [0.15, 0.2) is 0 Å². The smallest absolute Gasteiger partial charge is 0.293 e. The van der Waals surface area contributed by atoms with Crippen LogP contribution in [-0.2, 0) is 0 Å². The predicted octanol–water partition coefficient (Wildman–Crippen LogP) is 2.82. The fourth-order valence-electron chi connectivity index (χ4n) is 1.85. The first-order valence-corrected chi connectivity index (χ1v) is 6.30. The van der Waals surface area contributed by atoms with Crippen LogP contribution >= 0.6 is 15.9 Å². The lowest BCUT2D eigenvalue weighted by atomic mass is 9.80. The Bertz CT molecular complexity index is 491. The third-order valence-corrected chi connectivity index (χ3v) is 3.74. The average molecular weight is 319 g/mol. The van der Waals surface area contributed by atoms with Crippen molar-refractivity contribution >= 4 is 27.3 Å². The fraction of sp³-hybridized carbons (Fsp3) is 0.455. The summed E-state index contributed by atoms with van der Waals surface area (Å²) >= 11 is 2.91. The summed E-state index contributed by atoms with van der Waals surface area (Å²) in [5.41, 5.74) is -0.954. The van der Waals surface area contributed by atoms with E-state index in [4.69, 9.17) is 0 Å². The number of nitrogens with zero attached hydrogens (tertiary/aromatic N) is 1. The van der Waals surface area contributed by atoms with Crippen LogP contribution in [0.5, 0.6) is 0 Å². The van der Waals surface area contributed by atoms with Crippen LogP contribution in [0.1, 0.15) is 19.3 Å². The molecule has 0 atom stereocenters. The van der Waals surface area contributed by atoms with Crippen molar-refractivity contribution < 1.29 is 14.4 Å². The molecule has 0 aliphatic heterocycles. The number of hydrogen-bond acceptors (Lipinski definition) is 4. The Hall–Kier alpha value is -1.21. The molecule has 0 unspecified atom stereocenters. The van der Waals surface area contributed by atoms with Gasteiger partial charge in [0.1, 0.15) is 11.5 Å². The standard InChI is InChI=1S/C11H12BrFN2O3/c12-7-4-10(15(17)18)9(5-8(7)13)14-6-11(16)2-1-3-11/h4-5,14,16H,1-3,6H2. The number of aliphatic hydroxyl groups is 1. The van der Waals surface area contributed by atoms with Crippen molar-refractivity contribution in [2.75, 3.05) is 11.9 Å². The Morgan fingerprint density at radius 3 is 2.72 bits per heavy atom. The van der Waals surface area contributed by atoms with Gasteiger partial charge in [0.25, 0.3) is 5.69 Å². The Balaban J connectivity index is 2.20. The summed E-state index contributed by atoms with van der Waals surface area (Å²) in [6.07, 6.45) is 2.26. The van der Waals surface area contributed by atoms with Gasteiger partial charge in [0.2, 0.25) is 0 Å². The monoisotopic (exact) mass is 318 g/mol. The van der Waals surface area contributed by atoms with Gasteiger partial charge >= 0.3 is 0 Å². The third kappa shape index (κ3) is 2.62. The number of rotatable bonds is 4. The quantitative estimate of drug-likeness (QED) is 0.661. The molecular formula is C11H12BrFN2O3. The van der Waals surface area contributed by atoms with Crippen molar-refractivity contribution in [1.29, 1.82) is 0 Å². The second-order valence-corrected chi connectivity index (χ2v) is 5.33. The number of halogens is 2. The summed E-state index contributed by atoms with van der Waals surface area (Å²) < 4.78 is 13.4. The van der Waals surface area contributed by atoms with Crippen molar-refractivity contribution in [1.82, 2.24) is 0 Å². The number of nitrogens with one attached hydrogen (secondary N) is 1. The maximum Gasteiger partial charge on any atom is 0.293 e. The predicted molar refractivity (Wildman–Crippen MR) is 68.0 cm³/mol. The van der Waals surface area contributed by atoms with Crippen molar-refractivity contribution in [3.05, 3.63) is 32.5 Å². The minimum atomic E-state index is -0.822. The van der Waals surface area contributed by atoms with Crippen molar-refractivity contribution in [3.63, 3.8) is 0 Å². The third-order valence-electron chi connectivity index (χ3n) is 3.13. The minimum absolute atomic E-state index is 0.0436. The summed E-state index contributed by atoms with van der Waals surface area (Å²) in [4.78, 5) is 10.3. The molecule has 0 amide bonds. The number of hydrogen-bond donors (Lipinski definition) is 2. The zero-order valence-corrected chi connectivity index (χ0v) is 11.0. The zero-order chi connectivity index (χ0) is 13.3. The van der Waals surface area contributed by atoms with Gasteiger partial charge in [-0.25, -0.2) is 4.39 Å². The SMILES string of the molecule is O=[N+]([O-])c1cc(Br)c(F)cc1NCC1(O)CCC1. The first kappa shape index (κ1) is 13.2. The van der Waals surface area contributed by atoms with E-state index in [9.17, 15) is 19.6 Å². The van der Waals surface area contributed by atoms with Crippen LogP contribution < -0.4 is 5.32 Å². The molecule has 18 heavy (non-hydrogen) atoms. The van der Waals surface area contributed by atoms with E-state index in [0.29, 0.717) is 12.8 Å². The minimum Gasteiger partial charge on any atom is -0.388 e. The van der Waals surface area contributed by atoms with Crippen LogP contribution in [0.15, 0.2) is 16.6 Å². The van der Waals surface area contributed by atoms with Crippen LogP contribution in [0.25, 0.3) is 0 Å². The van der Waals surface area contributed by atoms with Gasteiger partial charge in [0.05, 0.1) is 15.0 Å². The molecule has 2 N–H and O–H groups in total. The van der Waals surface area contributed by atoms with E-state index in [1.54, 1.807) is 0 Å². The van der Waals surface area contributed by atoms with Gasteiger partial charge in [-0.05, 0) is 35.2 Å². The van der Waals surface area contributed by atoms with Crippen LogP contribution in [0.3, 0.4) is 0 Å². The molecule has 1 saturated carbocycles. The highest BCUT2D eigenvalue weighted by Gasteiger charge is 2.34.